The Morgan fingerprint density at radius 1 is 0.983 bits per heavy atom. The summed E-state index contributed by atoms with van der Waals surface area (Å²) in [6.45, 7) is 3.54. The van der Waals surface area contributed by atoms with Crippen LogP contribution in [0.25, 0.3) is 10.9 Å². The molecule has 2 fully saturated rings. The molecule has 0 bridgehead atoms. The molecule has 3 aliphatic heterocycles. The van der Waals surface area contributed by atoms with Crippen LogP contribution in [0.5, 0.6) is 5.75 Å². The number of methoxy groups -OCH3 is 1. The van der Waals surface area contributed by atoms with Crippen LogP contribution in [0.4, 0.5) is 27.3 Å². The van der Waals surface area contributed by atoms with E-state index in [0.29, 0.717) is 91.6 Å². The predicted molar refractivity (Wildman–Crippen MR) is 222 cm³/mol. The van der Waals surface area contributed by atoms with Gasteiger partial charge in [-0.15, -0.1) is 0 Å². The Morgan fingerprint density at radius 3 is 2.57 bits per heavy atom. The van der Waals surface area contributed by atoms with E-state index in [1.54, 1.807) is 36.4 Å². The summed E-state index contributed by atoms with van der Waals surface area (Å²) in [5.41, 5.74) is 2.44. The number of ether oxygens (including phenoxy) is 1. The van der Waals surface area contributed by atoms with Crippen molar-refractivity contribution < 1.29 is 37.9 Å². The fraction of sp³-hybridized carbons (Fsp3) is 0.333. The average molecular weight is 840 g/mol. The molecule has 312 valence electrons. The number of benzene rings is 3. The Kier molecular flexibility index (Phi) is 12.9. The van der Waals surface area contributed by atoms with Crippen LogP contribution < -0.4 is 26.0 Å². The lowest BCUT2D eigenvalue weighted by molar-refractivity contribution is -0.136. The maximum Gasteiger partial charge on any atom is 0.264 e. The highest BCUT2D eigenvalue weighted by Crippen LogP contribution is 2.35. The Balaban J connectivity index is 0.820. The van der Waals surface area contributed by atoms with Gasteiger partial charge in [0.1, 0.15) is 29.8 Å². The molecule has 4 aromatic rings. The number of imide groups is 2. The number of fused-ring (bicyclic) bond motifs is 2. The van der Waals surface area contributed by atoms with Gasteiger partial charge in [0.2, 0.25) is 23.6 Å². The zero-order valence-electron chi connectivity index (χ0n) is 32.8. The summed E-state index contributed by atoms with van der Waals surface area (Å²) >= 11 is 5.95. The van der Waals surface area contributed by atoms with Gasteiger partial charge in [0.05, 0.1) is 34.5 Å². The molecule has 16 nitrogen and oxygen atoms in total. The largest absolute Gasteiger partial charge is 0.494 e. The number of aromatic nitrogens is 2. The van der Waals surface area contributed by atoms with E-state index in [4.69, 9.17) is 16.3 Å². The summed E-state index contributed by atoms with van der Waals surface area (Å²) in [5.74, 6) is -2.17. The molecule has 4 N–H and O–H groups in total. The number of nitrogens with one attached hydrogen (secondary N) is 4. The minimum atomic E-state index is -1.03. The Hall–Kier alpha value is -6.46. The number of rotatable bonds is 15. The number of hydrogen-bond acceptors (Lipinski definition) is 12. The van der Waals surface area contributed by atoms with Crippen molar-refractivity contribution in [2.24, 2.45) is 0 Å². The topological polar surface area (TPSA) is 195 Å². The van der Waals surface area contributed by atoms with Gasteiger partial charge in [0.15, 0.2) is 0 Å². The number of halogens is 2. The van der Waals surface area contributed by atoms with E-state index in [2.05, 4.69) is 36.1 Å². The van der Waals surface area contributed by atoms with Crippen molar-refractivity contribution in [1.82, 2.24) is 30.0 Å². The molecule has 0 spiro atoms. The van der Waals surface area contributed by atoms with Crippen molar-refractivity contribution in [1.29, 1.82) is 0 Å². The van der Waals surface area contributed by atoms with Crippen LogP contribution >= 0.6 is 11.6 Å². The third-order valence-corrected chi connectivity index (χ3v) is 10.9. The second-order valence-electron chi connectivity index (χ2n) is 14.5. The first-order valence-electron chi connectivity index (χ1n) is 19.6. The third kappa shape index (κ3) is 9.37. The van der Waals surface area contributed by atoms with Gasteiger partial charge >= 0.3 is 0 Å². The van der Waals surface area contributed by atoms with Crippen molar-refractivity contribution in [3.05, 3.63) is 89.0 Å². The molecule has 1 unspecified atom stereocenters. The van der Waals surface area contributed by atoms with Gasteiger partial charge in [-0.25, -0.2) is 14.4 Å². The SMILES string of the molecule is COc1cc2ncnc(Nc3ccc(F)c(Cl)c3)c2cc1NC(=O)/C=C/CN1CCN(C(=O)CCCCCNc2cccc3c2C(=O)N(C2CCC(=O)NC2=O)C3=O)CC1. The lowest BCUT2D eigenvalue weighted by Gasteiger charge is -2.34. The van der Waals surface area contributed by atoms with Crippen LogP contribution in [0.2, 0.25) is 5.02 Å². The van der Waals surface area contributed by atoms with Crippen LogP contribution in [0, 0.1) is 5.82 Å². The molecule has 1 aromatic heterocycles. The van der Waals surface area contributed by atoms with Crippen molar-refractivity contribution in [3.63, 3.8) is 0 Å². The minimum Gasteiger partial charge on any atom is -0.494 e. The number of piperazine rings is 1. The molecule has 2 saturated heterocycles. The van der Waals surface area contributed by atoms with E-state index in [1.807, 2.05) is 4.90 Å². The number of nitrogens with zero attached hydrogens (tertiary/aromatic N) is 5. The Bertz CT molecular complexity index is 2390. The number of carbonyl (C=O) groups excluding carboxylic acids is 6. The highest BCUT2D eigenvalue weighted by molar-refractivity contribution is 6.31. The van der Waals surface area contributed by atoms with Crippen molar-refractivity contribution in [2.45, 2.75) is 44.6 Å². The van der Waals surface area contributed by atoms with Crippen molar-refractivity contribution in [2.75, 3.05) is 62.3 Å². The summed E-state index contributed by atoms with van der Waals surface area (Å²) < 4.78 is 19.2. The average Bonchev–Trinajstić information content (AvgIpc) is 3.49. The summed E-state index contributed by atoms with van der Waals surface area (Å²) in [7, 11) is 1.49. The molecule has 60 heavy (non-hydrogen) atoms. The second kappa shape index (κ2) is 18.6. The maximum absolute atomic E-state index is 13.7. The highest BCUT2D eigenvalue weighted by Gasteiger charge is 2.45. The molecule has 0 saturated carbocycles. The van der Waals surface area contributed by atoms with E-state index in [-0.39, 0.29) is 40.8 Å². The van der Waals surface area contributed by atoms with Gasteiger partial charge in [-0.1, -0.05) is 30.2 Å². The normalized spacial score (nSPS) is 16.9. The summed E-state index contributed by atoms with van der Waals surface area (Å²) in [6, 6.07) is 11.5. The van der Waals surface area contributed by atoms with Gasteiger partial charge in [0.25, 0.3) is 11.8 Å². The molecule has 4 heterocycles. The molecular weight excluding hydrogens is 797 g/mol. The van der Waals surface area contributed by atoms with Crippen molar-refractivity contribution in [3.8, 4) is 5.75 Å². The standard InChI is InChI=1S/C42H43ClFN9O7/c1-60-34-23-31-27(39(47-24-46-31)48-25-11-12-29(44)28(43)21-25)22-32(34)49-35(54)9-6-16-51-17-19-52(20-18-51)37(56)10-3-2-4-15-45-30-8-5-7-26-38(30)42(59)53(41(26)58)33-13-14-36(55)50-40(33)57/h5-9,11-12,21-24,33,45H,2-4,10,13-20H2,1H3,(H,49,54)(H,46,47,48)(H,50,55,57)/b9-6+. The van der Waals surface area contributed by atoms with E-state index in [1.165, 1.54) is 37.7 Å². The van der Waals surface area contributed by atoms with Crippen LogP contribution in [0.15, 0.2) is 67.0 Å². The summed E-state index contributed by atoms with van der Waals surface area (Å²) in [4.78, 5) is 89.9. The predicted octanol–water partition coefficient (Wildman–Crippen LogP) is 4.89. The van der Waals surface area contributed by atoms with Crippen LogP contribution in [-0.4, -0.2) is 113 Å². The van der Waals surface area contributed by atoms with Crippen LogP contribution in [-0.2, 0) is 19.2 Å². The monoisotopic (exact) mass is 839 g/mol. The van der Waals surface area contributed by atoms with Gasteiger partial charge < -0.3 is 25.6 Å². The molecule has 18 heteroatoms. The zero-order valence-corrected chi connectivity index (χ0v) is 33.5. The van der Waals surface area contributed by atoms with E-state index in [0.717, 1.165) is 17.7 Å². The highest BCUT2D eigenvalue weighted by atomic mass is 35.5. The maximum atomic E-state index is 13.7. The first-order chi connectivity index (χ1) is 29.0. The van der Waals surface area contributed by atoms with Gasteiger partial charge in [-0.2, -0.15) is 0 Å². The number of piperidine rings is 1. The molecule has 0 aliphatic carbocycles. The molecule has 3 aromatic carbocycles. The molecule has 0 radical (unpaired) electrons. The Labute approximate surface area is 349 Å². The smallest absolute Gasteiger partial charge is 0.264 e. The lowest BCUT2D eigenvalue weighted by Crippen LogP contribution is -2.54. The number of hydrogen-bond donors (Lipinski definition) is 4. The minimum absolute atomic E-state index is 0.0375. The number of anilines is 4. The van der Waals surface area contributed by atoms with Gasteiger partial charge in [-0.3, -0.25) is 43.9 Å². The quantitative estimate of drug-likeness (QED) is 0.0721. The third-order valence-electron chi connectivity index (χ3n) is 10.6. The summed E-state index contributed by atoms with van der Waals surface area (Å²) in [5, 5.41) is 12.0. The van der Waals surface area contributed by atoms with Gasteiger partial charge in [-0.05, 0) is 55.7 Å². The number of carbonyl (C=O) groups is 6. The summed E-state index contributed by atoms with van der Waals surface area (Å²) in [6.07, 6.45) is 7.37. The fourth-order valence-electron chi connectivity index (χ4n) is 7.45. The number of unbranched alkanes of at least 4 members (excludes halogenated alkanes) is 2. The van der Waals surface area contributed by atoms with Crippen LogP contribution in [0.3, 0.4) is 0 Å². The van der Waals surface area contributed by atoms with E-state index >= 15 is 0 Å². The number of amides is 6. The second-order valence-corrected chi connectivity index (χ2v) is 14.9. The first kappa shape index (κ1) is 41.7. The van der Waals surface area contributed by atoms with Gasteiger partial charge in [0, 0.05) is 81.0 Å². The first-order valence-corrected chi connectivity index (χ1v) is 20.0. The molecule has 6 amide bonds. The van der Waals surface area contributed by atoms with E-state index < -0.39 is 35.5 Å². The fourth-order valence-corrected chi connectivity index (χ4v) is 7.63. The molecule has 7 rings (SSSR count). The molecule has 1 atom stereocenters. The zero-order chi connectivity index (χ0) is 42.3. The van der Waals surface area contributed by atoms with E-state index in [9.17, 15) is 33.2 Å². The molecular formula is C42H43ClFN9O7. The van der Waals surface area contributed by atoms with Crippen LogP contribution in [0.1, 0.15) is 59.2 Å². The molecule has 3 aliphatic rings. The lowest BCUT2D eigenvalue weighted by atomic mass is 10.0. The van der Waals surface area contributed by atoms with Crippen molar-refractivity contribution >= 4 is 80.8 Å². The Morgan fingerprint density at radius 2 is 1.80 bits per heavy atom.